The molecule has 1 fully saturated rings. The van der Waals surface area contributed by atoms with Crippen molar-refractivity contribution in [1.82, 2.24) is 0 Å². The van der Waals surface area contributed by atoms with Crippen LogP contribution in [0.4, 0.5) is 0 Å². The van der Waals surface area contributed by atoms with Crippen molar-refractivity contribution in [2.75, 3.05) is 0 Å². The van der Waals surface area contributed by atoms with E-state index in [1.165, 1.54) is 0 Å². The summed E-state index contributed by atoms with van der Waals surface area (Å²) < 4.78 is 4.68. The van der Waals surface area contributed by atoms with Crippen molar-refractivity contribution >= 4 is 0 Å². The molecule has 1 saturated heterocycles. The highest BCUT2D eigenvalue weighted by molar-refractivity contribution is 4.68. The molecule has 3 atom stereocenters. The van der Waals surface area contributed by atoms with Crippen LogP contribution < -0.4 is 0 Å². The molecule has 0 aromatic heterocycles. The Hall–Kier alpha value is -0.120. The molecular weight excluding hydrogens is 120 g/mol. The van der Waals surface area contributed by atoms with Crippen molar-refractivity contribution in [3.8, 4) is 0 Å². The van der Waals surface area contributed by atoms with Crippen LogP contribution in [0.15, 0.2) is 0 Å². The summed E-state index contributed by atoms with van der Waals surface area (Å²) in [4.78, 5) is 0. The maximum absolute atomic E-state index is 8.98. The normalized spacial score (nSPS) is 43.7. The Balaban J connectivity index is 2.38. The number of rotatable bonds is 1. The molecule has 0 amide bonds. The molecule has 1 heterocycles. The average Bonchev–Trinajstić information content (AvgIpc) is 2.10. The molecule has 9 heavy (non-hydrogen) atoms. The highest BCUT2D eigenvalue weighted by atomic mass is 16.7. The van der Waals surface area contributed by atoms with Gasteiger partial charge in [-0.2, -0.15) is 0 Å². The predicted octanol–water partition coefficient (Wildman–Crippen LogP) is 0.0697. The second kappa shape index (κ2) is 2.64. The minimum atomic E-state index is -0.745. The zero-order valence-corrected chi connectivity index (χ0v) is 5.45. The second-order valence-corrected chi connectivity index (χ2v) is 2.39. The largest absolute Gasteiger partial charge is 0.368 e. The van der Waals surface area contributed by atoms with Gasteiger partial charge in [-0.1, -0.05) is 6.92 Å². The van der Waals surface area contributed by atoms with E-state index in [2.05, 4.69) is 4.74 Å². The van der Waals surface area contributed by atoms with Crippen LogP contribution in [0.1, 0.15) is 19.8 Å². The Morgan fingerprint density at radius 3 is 2.44 bits per heavy atom. The van der Waals surface area contributed by atoms with Crippen LogP contribution in [-0.4, -0.2) is 22.8 Å². The highest BCUT2D eigenvalue weighted by Gasteiger charge is 2.30. The lowest BCUT2D eigenvalue weighted by Crippen LogP contribution is -2.13. The van der Waals surface area contributed by atoms with E-state index in [0.717, 1.165) is 6.42 Å². The van der Waals surface area contributed by atoms with Crippen LogP contribution in [0.25, 0.3) is 0 Å². The van der Waals surface area contributed by atoms with Gasteiger partial charge in [0, 0.05) is 12.3 Å². The summed E-state index contributed by atoms with van der Waals surface area (Å²) in [7, 11) is 0. The Labute approximate surface area is 54.3 Å². The van der Waals surface area contributed by atoms with Gasteiger partial charge in [0.25, 0.3) is 0 Å². The number of hydrogen-bond acceptors (Lipinski definition) is 3. The SMILES string of the molecule is CCC1C[C@H](O)O[C@@H]1O. The summed E-state index contributed by atoms with van der Waals surface area (Å²) in [6.45, 7) is 1.97. The topological polar surface area (TPSA) is 49.7 Å². The third-order valence-electron chi connectivity index (χ3n) is 1.73. The molecule has 0 spiro atoms. The molecule has 0 aromatic rings. The van der Waals surface area contributed by atoms with Crippen LogP contribution >= 0.6 is 0 Å². The zero-order valence-electron chi connectivity index (χ0n) is 5.45. The first kappa shape index (κ1) is 6.99. The second-order valence-electron chi connectivity index (χ2n) is 2.39. The fraction of sp³-hybridized carbons (Fsp3) is 1.00. The van der Waals surface area contributed by atoms with E-state index in [1.807, 2.05) is 6.92 Å². The van der Waals surface area contributed by atoms with Gasteiger partial charge in [0.2, 0.25) is 0 Å². The smallest absolute Gasteiger partial charge is 0.160 e. The average molecular weight is 132 g/mol. The lowest BCUT2D eigenvalue weighted by Gasteiger charge is -2.07. The maximum atomic E-state index is 8.98. The Morgan fingerprint density at radius 2 is 2.22 bits per heavy atom. The summed E-state index contributed by atoms with van der Waals surface area (Å²) in [6.07, 6.45) is -0.0643. The zero-order chi connectivity index (χ0) is 6.85. The first-order chi connectivity index (χ1) is 4.24. The fourth-order valence-corrected chi connectivity index (χ4v) is 1.07. The van der Waals surface area contributed by atoms with Crippen molar-refractivity contribution < 1.29 is 14.9 Å². The lowest BCUT2D eigenvalue weighted by atomic mass is 10.0. The molecule has 0 aromatic carbocycles. The summed E-state index contributed by atoms with van der Waals surface area (Å²) >= 11 is 0. The van der Waals surface area contributed by atoms with Gasteiger partial charge in [0.1, 0.15) is 0 Å². The molecule has 1 aliphatic rings. The first-order valence-corrected chi connectivity index (χ1v) is 3.25. The molecule has 3 nitrogen and oxygen atoms in total. The molecule has 1 unspecified atom stereocenters. The minimum Gasteiger partial charge on any atom is -0.368 e. The van der Waals surface area contributed by atoms with Crippen molar-refractivity contribution in [2.24, 2.45) is 5.92 Å². The van der Waals surface area contributed by atoms with E-state index in [-0.39, 0.29) is 5.92 Å². The minimum absolute atomic E-state index is 0.125. The molecule has 1 aliphatic heterocycles. The lowest BCUT2D eigenvalue weighted by molar-refractivity contribution is -0.168. The molecular formula is C6H12O3. The number of aliphatic hydroxyl groups excluding tert-OH is 2. The van der Waals surface area contributed by atoms with Gasteiger partial charge in [0.15, 0.2) is 12.6 Å². The van der Waals surface area contributed by atoms with Gasteiger partial charge < -0.3 is 14.9 Å². The molecule has 0 bridgehead atoms. The fourth-order valence-electron chi connectivity index (χ4n) is 1.07. The number of aliphatic hydroxyl groups is 2. The van der Waals surface area contributed by atoms with Crippen LogP contribution in [0, 0.1) is 5.92 Å². The molecule has 54 valence electrons. The number of ether oxygens (including phenoxy) is 1. The standard InChI is InChI=1S/C6H12O3/c1-2-4-3-5(7)9-6(4)8/h4-8H,2-3H2,1H3/t4?,5-,6+/m1/s1. The molecule has 0 aliphatic carbocycles. The van der Waals surface area contributed by atoms with E-state index < -0.39 is 12.6 Å². The third-order valence-corrected chi connectivity index (χ3v) is 1.73. The summed E-state index contributed by atoms with van der Waals surface area (Å²) in [5.41, 5.74) is 0. The third kappa shape index (κ3) is 1.41. The van der Waals surface area contributed by atoms with Crippen LogP contribution in [0.3, 0.4) is 0 Å². The van der Waals surface area contributed by atoms with Crippen LogP contribution in [0.5, 0.6) is 0 Å². The van der Waals surface area contributed by atoms with Crippen molar-refractivity contribution in [3.05, 3.63) is 0 Å². The quantitative estimate of drug-likeness (QED) is 0.530. The molecule has 0 saturated carbocycles. The van der Waals surface area contributed by atoms with Gasteiger partial charge in [-0.15, -0.1) is 0 Å². The predicted molar refractivity (Wildman–Crippen MR) is 31.5 cm³/mol. The van der Waals surface area contributed by atoms with Gasteiger partial charge in [-0.05, 0) is 6.42 Å². The van der Waals surface area contributed by atoms with Crippen LogP contribution in [-0.2, 0) is 4.74 Å². The monoisotopic (exact) mass is 132 g/mol. The van der Waals surface area contributed by atoms with Crippen molar-refractivity contribution in [2.45, 2.75) is 32.3 Å². The van der Waals surface area contributed by atoms with E-state index in [0.29, 0.717) is 6.42 Å². The summed E-state index contributed by atoms with van der Waals surface area (Å²) in [6, 6.07) is 0. The Morgan fingerprint density at radius 1 is 1.56 bits per heavy atom. The first-order valence-electron chi connectivity index (χ1n) is 3.25. The molecule has 1 rings (SSSR count). The maximum Gasteiger partial charge on any atom is 0.160 e. The highest BCUT2D eigenvalue weighted by Crippen LogP contribution is 2.25. The van der Waals surface area contributed by atoms with E-state index in [4.69, 9.17) is 10.2 Å². The number of hydrogen-bond donors (Lipinski definition) is 2. The Kier molecular flexibility index (Phi) is 2.05. The van der Waals surface area contributed by atoms with Crippen LogP contribution in [0.2, 0.25) is 0 Å². The Bertz CT molecular complexity index is 94.3. The summed E-state index contributed by atoms with van der Waals surface area (Å²) in [5.74, 6) is 0.125. The van der Waals surface area contributed by atoms with Gasteiger partial charge >= 0.3 is 0 Å². The summed E-state index contributed by atoms with van der Waals surface area (Å²) in [5, 5.41) is 17.8. The van der Waals surface area contributed by atoms with Crippen molar-refractivity contribution in [3.63, 3.8) is 0 Å². The van der Waals surface area contributed by atoms with Gasteiger partial charge in [0.05, 0.1) is 0 Å². The molecule has 3 heteroatoms. The van der Waals surface area contributed by atoms with Gasteiger partial charge in [-0.3, -0.25) is 0 Å². The van der Waals surface area contributed by atoms with E-state index in [1.54, 1.807) is 0 Å². The van der Waals surface area contributed by atoms with E-state index >= 15 is 0 Å². The van der Waals surface area contributed by atoms with Gasteiger partial charge in [-0.25, -0.2) is 0 Å². The molecule has 0 radical (unpaired) electrons. The van der Waals surface area contributed by atoms with E-state index in [9.17, 15) is 0 Å². The van der Waals surface area contributed by atoms with Crippen molar-refractivity contribution in [1.29, 1.82) is 0 Å². The molecule has 2 N–H and O–H groups in total.